The standard InChI is InChI=1S/C18H22N2O/c1-13-12-15(8-11-17(13)20(4)5)18(21)14-6-9-16(10-7-14)19(2)3/h6-12H,1-5H3. The Morgan fingerprint density at radius 2 is 1.38 bits per heavy atom. The predicted molar refractivity (Wildman–Crippen MR) is 89.7 cm³/mol. The summed E-state index contributed by atoms with van der Waals surface area (Å²) in [5.74, 6) is 0.0636. The van der Waals surface area contributed by atoms with Gasteiger partial charge < -0.3 is 9.80 Å². The van der Waals surface area contributed by atoms with Crippen molar-refractivity contribution in [1.29, 1.82) is 0 Å². The van der Waals surface area contributed by atoms with E-state index in [0.29, 0.717) is 0 Å². The van der Waals surface area contributed by atoms with Crippen LogP contribution in [0.2, 0.25) is 0 Å². The van der Waals surface area contributed by atoms with Crippen LogP contribution < -0.4 is 9.80 Å². The SMILES string of the molecule is Cc1cc(C(=O)c2ccc(N(C)C)cc2)ccc1N(C)C. The molecule has 0 fully saturated rings. The fourth-order valence-corrected chi connectivity index (χ4v) is 2.38. The number of nitrogens with zero attached hydrogens (tertiary/aromatic N) is 2. The van der Waals surface area contributed by atoms with E-state index in [1.165, 1.54) is 0 Å². The summed E-state index contributed by atoms with van der Waals surface area (Å²) in [6, 6.07) is 13.5. The number of benzene rings is 2. The van der Waals surface area contributed by atoms with E-state index in [-0.39, 0.29) is 5.78 Å². The third-order valence-electron chi connectivity index (χ3n) is 3.59. The molecular formula is C18H22N2O. The normalized spacial score (nSPS) is 10.3. The summed E-state index contributed by atoms with van der Waals surface area (Å²) in [5.41, 5.74) is 4.78. The smallest absolute Gasteiger partial charge is 0.193 e. The lowest BCUT2D eigenvalue weighted by atomic mass is 10.0. The Morgan fingerprint density at radius 3 is 1.86 bits per heavy atom. The van der Waals surface area contributed by atoms with Gasteiger partial charge in [-0.25, -0.2) is 0 Å². The Bertz CT molecular complexity index is 643. The fourth-order valence-electron chi connectivity index (χ4n) is 2.38. The van der Waals surface area contributed by atoms with Crippen LogP contribution in [0.25, 0.3) is 0 Å². The van der Waals surface area contributed by atoms with Gasteiger partial charge in [-0.15, -0.1) is 0 Å². The zero-order valence-corrected chi connectivity index (χ0v) is 13.3. The lowest BCUT2D eigenvalue weighted by Crippen LogP contribution is -2.11. The van der Waals surface area contributed by atoms with Crippen LogP contribution in [0, 0.1) is 6.92 Å². The lowest BCUT2D eigenvalue weighted by Gasteiger charge is -2.16. The number of carbonyl (C=O) groups is 1. The second-order valence-electron chi connectivity index (χ2n) is 5.67. The van der Waals surface area contributed by atoms with Crippen molar-refractivity contribution in [2.75, 3.05) is 38.0 Å². The van der Waals surface area contributed by atoms with Crippen LogP contribution in [0.3, 0.4) is 0 Å². The number of anilines is 2. The van der Waals surface area contributed by atoms with E-state index in [1.807, 2.05) is 82.5 Å². The highest BCUT2D eigenvalue weighted by Crippen LogP contribution is 2.21. The van der Waals surface area contributed by atoms with Crippen molar-refractivity contribution in [1.82, 2.24) is 0 Å². The predicted octanol–water partition coefficient (Wildman–Crippen LogP) is 3.36. The summed E-state index contributed by atoms with van der Waals surface area (Å²) >= 11 is 0. The molecule has 0 saturated carbocycles. The molecule has 0 aliphatic rings. The Morgan fingerprint density at radius 1 is 0.810 bits per heavy atom. The number of ketones is 1. The molecule has 110 valence electrons. The van der Waals surface area contributed by atoms with E-state index < -0.39 is 0 Å². The molecule has 2 rings (SSSR count). The molecule has 0 spiro atoms. The Balaban J connectivity index is 2.29. The third-order valence-corrected chi connectivity index (χ3v) is 3.59. The van der Waals surface area contributed by atoms with E-state index >= 15 is 0 Å². The van der Waals surface area contributed by atoms with Crippen molar-refractivity contribution >= 4 is 17.2 Å². The molecule has 3 nitrogen and oxygen atoms in total. The molecule has 0 aromatic heterocycles. The third kappa shape index (κ3) is 3.24. The maximum atomic E-state index is 12.5. The number of carbonyl (C=O) groups excluding carboxylic acids is 1. The largest absolute Gasteiger partial charge is 0.378 e. The topological polar surface area (TPSA) is 23.6 Å². The molecular weight excluding hydrogens is 260 g/mol. The summed E-state index contributed by atoms with van der Waals surface area (Å²) in [6.07, 6.45) is 0. The first kappa shape index (κ1) is 15.1. The molecule has 0 saturated heterocycles. The summed E-state index contributed by atoms with van der Waals surface area (Å²) in [5, 5.41) is 0. The van der Waals surface area contributed by atoms with Crippen LogP contribution in [-0.4, -0.2) is 34.0 Å². The first-order chi connectivity index (χ1) is 9.90. The Kier molecular flexibility index (Phi) is 4.32. The summed E-state index contributed by atoms with van der Waals surface area (Å²) in [6.45, 7) is 2.03. The molecule has 0 aliphatic carbocycles. The van der Waals surface area contributed by atoms with Gasteiger partial charge in [0.15, 0.2) is 5.78 Å². The molecule has 0 amide bonds. The van der Waals surface area contributed by atoms with Crippen LogP contribution in [0.1, 0.15) is 21.5 Å². The molecule has 2 aromatic rings. The van der Waals surface area contributed by atoms with Crippen LogP contribution in [0.5, 0.6) is 0 Å². The van der Waals surface area contributed by atoms with Crippen molar-refractivity contribution < 1.29 is 4.79 Å². The van der Waals surface area contributed by atoms with Crippen LogP contribution >= 0.6 is 0 Å². The van der Waals surface area contributed by atoms with E-state index in [9.17, 15) is 4.79 Å². The van der Waals surface area contributed by atoms with Crippen molar-refractivity contribution in [3.8, 4) is 0 Å². The number of aryl methyl sites for hydroxylation is 1. The van der Waals surface area contributed by atoms with Crippen LogP contribution in [0.4, 0.5) is 11.4 Å². The maximum Gasteiger partial charge on any atom is 0.193 e. The molecule has 0 unspecified atom stereocenters. The van der Waals surface area contributed by atoms with Crippen molar-refractivity contribution in [2.24, 2.45) is 0 Å². The van der Waals surface area contributed by atoms with Gasteiger partial charge >= 0.3 is 0 Å². The van der Waals surface area contributed by atoms with Crippen molar-refractivity contribution in [3.05, 3.63) is 59.2 Å². The first-order valence-electron chi connectivity index (χ1n) is 7.00. The van der Waals surface area contributed by atoms with E-state index in [4.69, 9.17) is 0 Å². The van der Waals surface area contributed by atoms with Gasteiger partial charge in [0.2, 0.25) is 0 Å². The van der Waals surface area contributed by atoms with Gasteiger partial charge in [0.25, 0.3) is 0 Å². The zero-order chi connectivity index (χ0) is 15.6. The number of rotatable bonds is 4. The average Bonchev–Trinajstić information content (AvgIpc) is 2.46. The average molecular weight is 282 g/mol. The van der Waals surface area contributed by atoms with Crippen LogP contribution in [-0.2, 0) is 0 Å². The maximum absolute atomic E-state index is 12.5. The Labute approximate surface area is 126 Å². The summed E-state index contributed by atoms with van der Waals surface area (Å²) in [7, 11) is 7.98. The minimum absolute atomic E-state index is 0.0636. The summed E-state index contributed by atoms with van der Waals surface area (Å²) in [4.78, 5) is 16.6. The summed E-state index contributed by atoms with van der Waals surface area (Å²) < 4.78 is 0. The molecule has 2 aromatic carbocycles. The van der Waals surface area contributed by atoms with Gasteiger partial charge in [0.1, 0.15) is 0 Å². The highest BCUT2D eigenvalue weighted by atomic mass is 16.1. The van der Waals surface area contributed by atoms with E-state index in [0.717, 1.165) is 28.1 Å². The second kappa shape index (κ2) is 6.00. The van der Waals surface area contributed by atoms with Gasteiger partial charge in [0.05, 0.1) is 0 Å². The van der Waals surface area contributed by atoms with Crippen LogP contribution in [0.15, 0.2) is 42.5 Å². The minimum atomic E-state index is 0.0636. The number of hydrogen-bond donors (Lipinski definition) is 0. The van der Waals surface area contributed by atoms with Gasteiger partial charge in [-0.1, -0.05) is 0 Å². The van der Waals surface area contributed by atoms with Gasteiger partial charge in [-0.05, 0) is 55.0 Å². The first-order valence-corrected chi connectivity index (χ1v) is 7.00. The van der Waals surface area contributed by atoms with E-state index in [2.05, 4.69) is 4.90 Å². The molecule has 0 bridgehead atoms. The number of hydrogen-bond acceptors (Lipinski definition) is 3. The minimum Gasteiger partial charge on any atom is -0.378 e. The molecule has 21 heavy (non-hydrogen) atoms. The molecule has 3 heteroatoms. The molecule has 0 atom stereocenters. The highest BCUT2D eigenvalue weighted by Gasteiger charge is 2.11. The zero-order valence-electron chi connectivity index (χ0n) is 13.3. The monoisotopic (exact) mass is 282 g/mol. The van der Waals surface area contributed by atoms with Gasteiger partial charge in [-0.2, -0.15) is 0 Å². The van der Waals surface area contributed by atoms with Gasteiger partial charge in [0, 0.05) is 50.7 Å². The van der Waals surface area contributed by atoms with Crippen molar-refractivity contribution in [2.45, 2.75) is 6.92 Å². The molecule has 0 heterocycles. The quantitative estimate of drug-likeness (QED) is 0.803. The molecule has 0 N–H and O–H groups in total. The Hall–Kier alpha value is -2.29. The lowest BCUT2D eigenvalue weighted by molar-refractivity contribution is 0.103. The fraction of sp³-hybridized carbons (Fsp3) is 0.278. The second-order valence-corrected chi connectivity index (χ2v) is 5.67. The highest BCUT2D eigenvalue weighted by molar-refractivity contribution is 6.09. The van der Waals surface area contributed by atoms with Gasteiger partial charge in [-0.3, -0.25) is 4.79 Å². The van der Waals surface area contributed by atoms with Crippen molar-refractivity contribution in [3.63, 3.8) is 0 Å². The van der Waals surface area contributed by atoms with E-state index in [1.54, 1.807) is 0 Å². The molecule has 0 aliphatic heterocycles. The molecule has 0 radical (unpaired) electrons.